The van der Waals surface area contributed by atoms with Gasteiger partial charge in [0.2, 0.25) is 0 Å². The second kappa shape index (κ2) is 5.57. The molecule has 2 rings (SSSR count). The molecule has 0 fully saturated rings. The fourth-order valence-corrected chi connectivity index (χ4v) is 1.75. The third-order valence-electron chi connectivity index (χ3n) is 3.05. The fraction of sp³-hybridized carbons (Fsp3) is 0.188. The van der Waals surface area contributed by atoms with Crippen LogP contribution in [-0.2, 0) is 0 Å². The van der Waals surface area contributed by atoms with E-state index in [0.717, 1.165) is 11.3 Å². The molecular formula is C16H15NO2. The van der Waals surface area contributed by atoms with Crippen LogP contribution >= 0.6 is 0 Å². The molecule has 0 spiro atoms. The first-order chi connectivity index (χ1) is 9.08. The summed E-state index contributed by atoms with van der Waals surface area (Å²) in [6.45, 7) is 3.79. The number of benzene rings is 1. The minimum atomic E-state index is -0.239. The Labute approximate surface area is 112 Å². The van der Waals surface area contributed by atoms with Gasteiger partial charge in [0.1, 0.15) is 5.69 Å². The van der Waals surface area contributed by atoms with Gasteiger partial charge in [-0.25, -0.2) is 4.98 Å². The summed E-state index contributed by atoms with van der Waals surface area (Å²) in [5.74, 6) is -0.414. The Morgan fingerprint density at radius 1 is 0.947 bits per heavy atom. The Hall–Kier alpha value is -2.29. The van der Waals surface area contributed by atoms with Crippen LogP contribution in [0.2, 0.25) is 0 Å². The Morgan fingerprint density at radius 3 is 2.26 bits per heavy atom. The van der Waals surface area contributed by atoms with Crippen molar-refractivity contribution in [3.8, 4) is 0 Å². The van der Waals surface area contributed by atoms with E-state index in [9.17, 15) is 9.59 Å². The van der Waals surface area contributed by atoms with Crippen LogP contribution in [0.4, 0.5) is 0 Å². The van der Waals surface area contributed by atoms with Gasteiger partial charge in [-0.2, -0.15) is 0 Å². The number of hydrogen-bond donors (Lipinski definition) is 0. The lowest BCUT2D eigenvalue weighted by Gasteiger charge is -2.03. The minimum absolute atomic E-state index is 0.139. The maximum absolute atomic E-state index is 12.0. The summed E-state index contributed by atoms with van der Waals surface area (Å²) in [6, 6.07) is 12.3. The van der Waals surface area contributed by atoms with Crippen molar-refractivity contribution in [2.24, 2.45) is 0 Å². The first-order valence-corrected chi connectivity index (χ1v) is 6.13. The van der Waals surface area contributed by atoms with E-state index in [1.165, 1.54) is 0 Å². The summed E-state index contributed by atoms with van der Waals surface area (Å²) >= 11 is 0. The number of rotatable bonds is 4. The van der Waals surface area contributed by atoms with Gasteiger partial charge in [0, 0.05) is 11.3 Å². The zero-order valence-electron chi connectivity index (χ0n) is 11.0. The molecule has 0 aliphatic heterocycles. The highest BCUT2D eigenvalue weighted by Gasteiger charge is 2.14. The van der Waals surface area contributed by atoms with Gasteiger partial charge in [-0.05, 0) is 25.5 Å². The summed E-state index contributed by atoms with van der Waals surface area (Å²) in [5.41, 5.74) is 2.76. The maximum atomic E-state index is 12.0. The van der Waals surface area contributed by atoms with Gasteiger partial charge in [0.15, 0.2) is 11.6 Å². The first kappa shape index (κ1) is 13.1. The zero-order chi connectivity index (χ0) is 13.8. The quantitative estimate of drug-likeness (QED) is 0.621. The highest BCUT2D eigenvalue weighted by molar-refractivity contribution is 6.12. The molecule has 1 aromatic heterocycles. The van der Waals surface area contributed by atoms with Crippen molar-refractivity contribution in [3.05, 3.63) is 65.0 Å². The number of aryl methyl sites for hydroxylation is 2. The van der Waals surface area contributed by atoms with Crippen LogP contribution in [0.25, 0.3) is 0 Å². The highest BCUT2D eigenvalue weighted by Crippen LogP contribution is 2.10. The van der Waals surface area contributed by atoms with Crippen molar-refractivity contribution >= 4 is 11.6 Å². The lowest BCUT2D eigenvalue weighted by Crippen LogP contribution is -2.10. The number of carbonyl (C=O) groups is 2. The molecule has 1 aromatic carbocycles. The number of carbonyl (C=O) groups excluding carboxylic acids is 2. The zero-order valence-corrected chi connectivity index (χ0v) is 11.0. The lowest BCUT2D eigenvalue weighted by molar-refractivity contribution is 0.0891. The van der Waals surface area contributed by atoms with Crippen molar-refractivity contribution in [2.45, 2.75) is 20.3 Å². The Balaban J connectivity index is 2.13. The molecule has 0 unspecified atom stereocenters. The molecule has 0 saturated carbocycles. The molecule has 0 N–H and O–H groups in total. The fourth-order valence-electron chi connectivity index (χ4n) is 1.75. The summed E-state index contributed by atoms with van der Waals surface area (Å²) in [6.07, 6.45) is -0.139. The van der Waals surface area contributed by atoms with Crippen molar-refractivity contribution in [1.82, 2.24) is 4.98 Å². The van der Waals surface area contributed by atoms with Gasteiger partial charge < -0.3 is 0 Å². The van der Waals surface area contributed by atoms with Crippen LogP contribution in [0, 0.1) is 13.8 Å². The van der Waals surface area contributed by atoms with Gasteiger partial charge in [-0.3, -0.25) is 9.59 Å². The Kier molecular flexibility index (Phi) is 3.85. The molecule has 0 amide bonds. The Morgan fingerprint density at radius 2 is 1.63 bits per heavy atom. The van der Waals surface area contributed by atoms with Gasteiger partial charge in [-0.1, -0.05) is 36.4 Å². The van der Waals surface area contributed by atoms with Crippen LogP contribution in [0.15, 0.2) is 42.5 Å². The first-order valence-electron chi connectivity index (χ1n) is 6.13. The SMILES string of the molecule is Cc1ccc(C(=O)CC(=O)c2ccccc2)nc1C. The molecule has 0 atom stereocenters. The lowest BCUT2D eigenvalue weighted by atomic mass is 10.0. The predicted octanol–water partition coefficient (Wildman–Crippen LogP) is 3.15. The molecule has 19 heavy (non-hydrogen) atoms. The van der Waals surface area contributed by atoms with Gasteiger partial charge in [0.05, 0.1) is 6.42 Å². The van der Waals surface area contributed by atoms with E-state index in [4.69, 9.17) is 0 Å². The maximum Gasteiger partial charge on any atom is 0.188 e. The second-order valence-electron chi connectivity index (χ2n) is 4.49. The molecule has 96 valence electrons. The number of Topliss-reactive ketones (excluding diaryl/α,β-unsaturated/α-hetero) is 2. The van der Waals surface area contributed by atoms with Crippen LogP contribution in [-0.4, -0.2) is 16.6 Å². The number of hydrogen-bond acceptors (Lipinski definition) is 3. The largest absolute Gasteiger partial charge is 0.294 e. The standard InChI is InChI=1S/C16H15NO2/c1-11-8-9-14(17-12(11)2)16(19)10-15(18)13-6-4-3-5-7-13/h3-9H,10H2,1-2H3. The molecule has 0 saturated heterocycles. The molecule has 0 aliphatic carbocycles. The number of pyridine rings is 1. The van der Waals surface area contributed by atoms with Crippen LogP contribution < -0.4 is 0 Å². The van der Waals surface area contributed by atoms with Crippen LogP contribution in [0.5, 0.6) is 0 Å². The van der Waals surface area contributed by atoms with E-state index >= 15 is 0 Å². The average molecular weight is 253 g/mol. The van der Waals surface area contributed by atoms with Gasteiger partial charge in [0.25, 0.3) is 0 Å². The van der Waals surface area contributed by atoms with Crippen molar-refractivity contribution in [1.29, 1.82) is 0 Å². The van der Waals surface area contributed by atoms with Crippen LogP contribution in [0.3, 0.4) is 0 Å². The molecule has 2 aromatic rings. The highest BCUT2D eigenvalue weighted by atomic mass is 16.1. The summed E-state index contributed by atoms with van der Waals surface area (Å²) in [5, 5.41) is 0. The van der Waals surface area contributed by atoms with E-state index in [2.05, 4.69) is 4.98 Å². The monoisotopic (exact) mass is 253 g/mol. The topological polar surface area (TPSA) is 47.0 Å². The smallest absolute Gasteiger partial charge is 0.188 e. The van der Waals surface area contributed by atoms with E-state index in [-0.39, 0.29) is 18.0 Å². The second-order valence-corrected chi connectivity index (χ2v) is 4.49. The van der Waals surface area contributed by atoms with Crippen molar-refractivity contribution in [3.63, 3.8) is 0 Å². The number of aromatic nitrogens is 1. The van der Waals surface area contributed by atoms with Crippen molar-refractivity contribution in [2.75, 3.05) is 0 Å². The minimum Gasteiger partial charge on any atom is -0.294 e. The molecule has 3 heteroatoms. The van der Waals surface area contributed by atoms with Gasteiger partial charge >= 0.3 is 0 Å². The molecule has 0 radical (unpaired) electrons. The third-order valence-corrected chi connectivity index (χ3v) is 3.05. The summed E-state index contributed by atoms with van der Waals surface area (Å²) in [7, 11) is 0. The third kappa shape index (κ3) is 3.13. The van der Waals surface area contributed by atoms with E-state index < -0.39 is 0 Å². The molecule has 3 nitrogen and oxygen atoms in total. The molecule has 1 heterocycles. The predicted molar refractivity (Wildman–Crippen MR) is 73.4 cm³/mol. The van der Waals surface area contributed by atoms with E-state index in [0.29, 0.717) is 11.3 Å². The summed E-state index contributed by atoms with van der Waals surface area (Å²) in [4.78, 5) is 28.2. The van der Waals surface area contributed by atoms with Crippen molar-refractivity contribution < 1.29 is 9.59 Å². The van der Waals surface area contributed by atoms with Crippen LogP contribution in [0.1, 0.15) is 38.5 Å². The normalized spacial score (nSPS) is 10.2. The Bertz CT molecular complexity index is 618. The number of ketones is 2. The number of nitrogens with zero attached hydrogens (tertiary/aromatic N) is 1. The average Bonchev–Trinajstić information content (AvgIpc) is 2.42. The summed E-state index contributed by atoms with van der Waals surface area (Å²) < 4.78 is 0. The molecule has 0 bridgehead atoms. The molecule has 0 aliphatic rings. The van der Waals surface area contributed by atoms with E-state index in [1.807, 2.05) is 26.0 Å². The van der Waals surface area contributed by atoms with Gasteiger partial charge in [-0.15, -0.1) is 0 Å². The van der Waals surface area contributed by atoms with E-state index in [1.54, 1.807) is 30.3 Å². The molecular weight excluding hydrogens is 238 g/mol.